The summed E-state index contributed by atoms with van der Waals surface area (Å²) < 4.78 is 28.5. The van der Waals surface area contributed by atoms with Crippen molar-refractivity contribution in [1.29, 1.82) is 0 Å². The fourth-order valence-electron chi connectivity index (χ4n) is 2.53. The van der Waals surface area contributed by atoms with E-state index in [9.17, 15) is 18.0 Å². The Balaban J connectivity index is 2.50. The largest absolute Gasteiger partial charge is 0.330 e. The van der Waals surface area contributed by atoms with Crippen molar-refractivity contribution in [3.63, 3.8) is 0 Å². The third-order valence-electron chi connectivity index (χ3n) is 3.85. The predicted molar refractivity (Wildman–Crippen MR) is 77.5 cm³/mol. The molecule has 1 aromatic heterocycles. The third kappa shape index (κ3) is 2.81. The number of rotatable bonds is 3. The van der Waals surface area contributed by atoms with E-state index in [1.807, 2.05) is 0 Å². The number of sulfonamides is 1. The summed E-state index contributed by atoms with van der Waals surface area (Å²) >= 11 is 0. The molecule has 1 aliphatic heterocycles. The summed E-state index contributed by atoms with van der Waals surface area (Å²) in [6.45, 7) is 1.09. The summed E-state index contributed by atoms with van der Waals surface area (Å²) in [4.78, 5) is 23.4. The molecule has 2 N–H and O–H groups in total. The zero-order valence-electron chi connectivity index (χ0n) is 12.2. The molecule has 1 aromatic rings. The molecule has 118 valence electrons. The Morgan fingerprint density at radius 1 is 1.33 bits per heavy atom. The molecule has 1 fully saturated rings. The van der Waals surface area contributed by atoms with Gasteiger partial charge in [0.1, 0.15) is 0 Å². The minimum atomic E-state index is -3.91. The lowest BCUT2D eigenvalue weighted by Crippen LogP contribution is -2.46. The Labute approximate surface area is 122 Å². The van der Waals surface area contributed by atoms with Crippen LogP contribution >= 0.6 is 0 Å². The number of hydrogen-bond donors (Lipinski definition) is 1. The number of hydrogen-bond acceptors (Lipinski definition) is 5. The molecule has 1 saturated heterocycles. The van der Waals surface area contributed by atoms with Crippen LogP contribution in [0.4, 0.5) is 0 Å². The van der Waals surface area contributed by atoms with E-state index in [1.54, 1.807) is 0 Å². The highest BCUT2D eigenvalue weighted by molar-refractivity contribution is 7.89. The molecule has 21 heavy (non-hydrogen) atoms. The number of aromatic nitrogens is 2. The maximum Gasteiger partial charge on any atom is 0.330 e. The average molecular weight is 316 g/mol. The van der Waals surface area contributed by atoms with Crippen LogP contribution < -0.4 is 17.0 Å². The molecular weight excluding hydrogens is 296 g/mol. The van der Waals surface area contributed by atoms with Crippen molar-refractivity contribution in [3.05, 3.63) is 27.0 Å². The van der Waals surface area contributed by atoms with Gasteiger partial charge < -0.3 is 10.3 Å². The van der Waals surface area contributed by atoms with Crippen LogP contribution in [0.15, 0.2) is 20.7 Å². The summed E-state index contributed by atoms with van der Waals surface area (Å²) in [5.74, 6) is 0.102. The fraction of sp³-hybridized carbons (Fsp3) is 0.667. The Morgan fingerprint density at radius 3 is 2.62 bits per heavy atom. The topological polar surface area (TPSA) is 107 Å². The van der Waals surface area contributed by atoms with Crippen LogP contribution in [0.1, 0.15) is 12.8 Å². The van der Waals surface area contributed by atoms with Gasteiger partial charge in [0.15, 0.2) is 4.90 Å². The molecule has 0 bridgehead atoms. The van der Waals surface area contributed by atoms with Crippen molar-refractivity contribution in [2.75, 3.05) is 19.6 Å². The standard InChI is InChI=1S/C12H20N4O4S/c1-14-8-10(11(17)15(2)12(14)18)21(19,20)16-5-3-4-9(6-13)7-16/h8-9H,3-7,13H2,1-2H3. The molecule has 0 amide bonds. The van der Waals surface area contributed by atoms with E-state index in [0.717, 1.165) is 21.8 Å². The monoisotopic (exact) mass is 316 g/mol. The fourth-order valence-corrected chi connectivity index (χ4v) is 4.23. The highest BCUT2D eigenvalue weighted by atomic mass is 32.2. The second-order valence-corrected chi connectivity index (χ2v) is 7.26. The first-order valence-corrected chi connectivity index (χ1v) is 8.20. The molecule has 0 spiro atoms. The van der Waals surface area contributed by atoms with Crippen molar-refractivity contribution < 1.29 is 8.42 Å². The van der Waals surface area contributed by atoms with E-state index in [4.69, 9.17) is 5.73 Å². The minimum absolute atomic E-state index is 0.102. The van der Waals surface area contributed by atoms with Crippen LogP contribution in [-0.2, 0) is 24.1 Å². The Bertz CT molecular complexity index is 750. The van der Waals surface area contributed by atoms with Crippen molar-refractivity contribution in [3.8, 4) is 0 Å². The average Bonchev–Trinajstić information content (AvgIpc) is 2.48. The van der Waals surface area contributed by atoms with E-state index in [1.165, 1.54) is 18.4 Å². The van der Waals surface area contributed by atoms with E-state index in [-0.39, 0.29) is 10.8 Å². The second kappa shape index (κ2) is 5.74. The van der Waals surface area contributed by atoms with Crippen LogP contribution in [0.5, 0.6) is 0 Å². The summed E-state index contributed by atoms with van der Waals surface area (Å²) in [7, 11) is -1.23. The lowest BCUT2D eigenvalue weighted by atomic mass is 10.0. The van der Waals surface area contributed by atoms with Gasteiger partial charge in [0, 0.05) is 33.4 Å². The molecule has 1 atom stereocenters. The first-order valence-electron chi connectivity index (χ1n) is 6.76. The van der Waals surface area contributed by atoms with Gasteiger partial charge in [0.05, 0.1) is 0 Å². The van der Waals surface area contributed by atoms with E-state index < -0.39 is 21.3 Å². The smallest absolute Gasteiger partial charge is 0.330 e. The maximum atomic E-state index is 12.6. The van der Waals surface area contributed by atoms with Gasteiger partial charge in [-0.2, -0.15) is 4.31 Å². The van der Waals surface area contributed by atoms with Crippen LogP contribution in [0.3, 0.4) is 0 Å². The van der Waals surface area contributed by atoms with Crippen molar-refractivity contribution in [2.24, 2.45) is 25.7 Å². The summed E-state index contributed by atoms with van der Waals surface area (Å²) in [6, 6.07) is 0. The first-order chi connectivity index (χ1) is 9.78. The van der Waals surface area contributed by atoms with Gasteiger partial charge in [-0.25, -0.2) is 13.2 Å². The normalized spacial score (nSPS) is 20.6. The molecule has 0 radical (unpaired) electrons. The first kappa shape index (κ1) is 15.9. The van der Waals surface area contributed by atoms with Gasteiger partial charge in [-0.05, 0) is 25.3 Å². The molecule has 0 aliphatic carbocycles. The Morgan fingerprint density at radius 2 is 2.00 bits per heavy atom. The van der Waals surface area contributed by atoms with E-state index in [0.29, 0.717) is 26.1 Å². The molecule has 0 saturated carbocycles. The zero-order valence-corrected chi connectivity index (χ0v) is 13.0. The molecule has 1 aliphatic rings. The van der Waals surface area contributed by atoms with Crippen molar-refractivity contribution >= 4 is 10.0 Å². The van der Waals surface area contributed by atoms with Gasteiger partial charge in [-0.3, -0.25) is 9.36 Å². The Hall–Kier alpha value is -1.45. The zero-order chi connectivity index (χ0) is 15.8. The Kier molecular flexibility index (Phi) is 4.35. The summed E-state index contributed by atoms with van der Waals surface area (Å²) in [5.41, 5.74) is 4.26. The SMILES string of the molecule is Cn1cc(S(=O)(=O)N2CCCC(CN)C2)c(=O)n(C)c1=O. The molecule has 2 rings (SSSR count). The quantitative estimate of drug-likeness (QED) is 0.726. The molecule has 1 unspecified atom stereocenters. The van der Waals surface area contributed by atoms with Gasteiger partial charge in [0.2, 0.25) is 10.0 Å². The van der Waals surface area contributed by atoms with Crippen molar-refractivity contribution in [1.82, 2.24) is 13.4 Å². The number of aryl methyl sites for hydroxylation is 1. The number of piperidine rings is 1. The number of nitrogens with two attached hydrogens (primary N) is 1. The second-order valence-electron chi connectivity index (χ2n) is 5.36. The van der Waals surface area contributed by atoms with Gasteiger partial charge in [-0.15, -0.1) is 0 Å². The van der Waals surface area contributed by atoms with Crippen molar-refractivity contribution in [2.45, 2.75) is 17.7 Å². The van der Waals surface area contributed by atoms with Gasteiger partial charge >= 0.3 is 5.69 Å². The highest BCUT2D eigenvalue weighted by Crippen LogP contribution is 2.21. The maximum absolute atomic E-state index is 12.6. The number of nitrogens with zero attached hydrogens (tertiary/aromatic N) is 3. The van der Waals surface area contributed by atoms with Crippen LogP contribution in [0, 0.1) is 5.92 Å². The predicted octanol–water partition coefficient (Wildman–Crippen LogP) is -1.56. The third-order valence-corrected chi connectivity index (χ3v) is 5.70. The van der Waals surface area contributed by atoms with E-state index in [2.05, 4.69) is 0 Å². The molecule has 8 nitrogen and oxygen atoms in total. The minimum Gasteiger partial charge on any atom is -0.330 e. The summed E-state index contributed by atoms with van der Waals surface area (Å²) in [5, 5.41) is 0. The highest BCUT2D eigenvalue weighted by Gasteiger charge is 2.32. The molecule has 2 heterocycles. The van der Waals surface area contributed by atoms with E-state index >= 15 is 0 Å². The summed E-state index contributed by atoms with van der Waals surface area (Å²) in [6.07, 6.45) is 2.69. The van der Waals surface area contributed by atoms with Gasteiger partial charge in [0.25, 0.3) is 5.56 Å². The van der Waals surface area contributed by atoms with Crippen LogP contribution in [0.25, 0.3) is 0 Å². The van der Waals surface area contributed by atoms with Crippen LogP contribution in [0.2, 0.25) is 0 Å². The molecular formula is C12H20N4O4S. The van der Waals surface area contributed by atoms with Crippen LogP contribution in [-0.4, -0.2) is 41.5 Å². The molecule has 9 heteroatoms. The molecule has 0 aromatic carbocycles. The lowest BCUT2D eigenvalue weighted by Gasteiger charge is -2.31. The lowest BCUT2D eigenvalue weighted by molar-refractivity contribution is 0.271. The van der Waals surface area contributed by atoms with Gasteiger partial charge in [-0.1, -0.05) is 0 Å².